The molecule has 0 aliphatic carbocycles. The van der Waals surface area contributed by atoms with E-state index in [1.165, 1.54) is 22.7 Å². The molecule has 11 heteroatoms. The molecule has 0 bridgehead atoms. The minimum absolute atomic E-state index is 0.00938. The molecular formula is C30H24FN3O5S2. The van der Waals surface area contributed by atoms with E-state index in [1.807, 2.05) is 6.92 Å². The zero-order valence-electron chi connectivity index (χ0n) is 22.0. The summed E-state index contributed by atoms with van der Waals surface area (Å²) < 4.78 is 25.7. The number of carbonyl (C=O) groups is 2. The molecule has 6 rings (SSSR count). The maximum Gasteiger partial charge on any atom is 0.301 e. The number of hydrogen-bond acceptors (Lipinski definition) is 9. The highest BCUT2D eigenvalue weighted by atomic mass is 32.2. The van der Waals surface area contributed by atoms with Crippen LogP contribution in [0.3, 0.4) is 0 Å². The molecule has 3 aromatic carbocycles. The number of aliphatic hydroxyl groups excluding tert-OH is 1. The molecular weight excluding hydrogens is 565 g/mol. The maximum absolute atomic E-state index is 14.1. The number of fused-ring (bicyclic) bond motifs is 1. The summed E-state index contributed by atoms with van der Waals surface area (Å²) in [5.41, 5.74) is 2.37. The first-order valence-electron chi connectivity index (χ1n) is 12.8. The summed E-state index contributed by atoms with van der Waals surface area (Å²) in [4.78, 5) is 28.3. The lowest BCUT2D eigenvalue weighted by molar-refractivity contribution is -0.132. The monoisotopic (exact) mass is 589 g/mol. The van der Waals surface area contributed by atoms with Gasteiger partial charge in [0, 0.05) is 17.7 Å². The molecule has 1 N–H and O–H groups in total. The van der Waals surface area contributed by atoms with Crippen LogP contribution in [0.2, 0.25) is 0 Å². The number of amides is 1. The van der Waals surface area contributed by atoms with Crippen molar-refractivity contribution in [1.82, 2.24) is 10.2 Å². The first kappa shape index (κ1) is 27.0. The predicted molar refractivity (Wildman–Crippen MR) is 154 cm³/mol. The van der Waals surface area contributed by atoms with Crippen LogP contribution in [0.25, 0.3) is 5.76 Å². The molecule has 3 heterocycles. The van der Waals surface area contributed by atoms with Crippen molar-refractivity contribution >= 4 is 45.7 Å². The van der Waals surface area contributed by atoms with Crippen LogP contribution in [-0.4, -0.2) is 40.2 Å². The third-order valence-corrected chi connectivity index (χ3v) is 9.06. The van der Waals surface area contributed by atoms with Crippen molar-refractivity contribution in [2.24, 2.45) is 0 Å². The lowest BCUT2D eigenvalue weighted by atomic mass is 9.94. The number of carbonyl (C=O) groups excluding carboxylic acids is 2. The Kier molecular flexibility index (Phi) is 7.22. The van der Waals surface area contributed by atoms with E-state index >= 15 is 0 Å². The fourth-order valence-corrected chi connectivity index (χ4v) is 6.82. The van der Waals surface area contributed by atoms with Crippen LogP contribution in [0.15, 0.2) is 76.6 Å². The number of aromatic nitrogens is 2. The molecule has 0 radical (unpaired) electrons. The lowest BCUT2D eigenvalue weighted by Gasteiger charge is -2.22. The number of nitrogens with zero attached hydrogens (tertiary/aromatic N) is 3. The maximum atomic E-state index is 14.1. The number of ketones is 1. The van der Waals surface area contributed by atoms with Crippen molar-refractivity contribution in [1.29, 1.82) is 0 Å². The van der Waals surface area contributed by atoms with Gasteiger partial charge in [0.25, 0.3) is 5.78 Å². The molecule has 1 saturated heterocycles. The number of Topliss-reactive ketones (excluding diaryl/α,β-unsaturated/α-hetero) is 1. The number of aliphatic hydroxyl groups is 1. The number of thioether (sulfide) groups is 1. The fraction of sp³-hybridized carbons (Fsp3) is 0.200. The lowest BCUT2D eigenvalue weighted by Crippen LogP contribution is -2.29. The van der Waals surface area contributed by atoms with Gasteiger partial charge in [-0.3, -0.25) is 14.5 Å². The molecule has 1 fully saturated rings. The predicted octanol–water partition coefficient (Wildman–Crippen LogP) is 5.93. The highest BCUT2D eigenvalue weighted by molar-refractivity contribution is 8.00. The van der Waals surface area contributed by atoms with Gasteiger partial charge in [0.05, 0.1) is 18.7 Å². The molecule has 1 amide bonds. The summed E-state index contributed by atoms with van der Waals surface area (Å²) >= 11 is 2.40. The molecule has 0 saturated carbocycles. The summed E-state index contributed by atoms with van der Waals surface area (Å²) in [5.74, 6) is -0.605. The van der Waals surface area contributed by atoms with Gasteiger partial charge < -0.3 is 14.6 Å². The van der Waals surface area contributed by atoms with Gasteiger partial charge in [0.15, 0.2) is 4.34 Å². The number of halogens is 1. The summed E-state index contributed by atoms with van der Waals surface area (Å²) in [6, 6.07) is 17.7. The smallest absolute Gasteiger partial charge is 0.301 e. The second-order valence-electron chi connectivity index (χ2n) is 9.63. The second kappa shape index (κ2) is 11.0. The van der Waals surface area contributed by atoms with E-state index in [4.69, 9.17) is 9.47 Å². The van der Waals surface area contributed by atoms with E-state index in [2.05, 4.69) is 10.2 Å². The molecule has 1 aromatic heterocycles. The van der Waals surface area contributed by atoms with Crippen molar-refractivity contribution in [2.75, 3.05) is 12.0 Å². The van der Waals surface area contributed by atoms with E-state index in [9.17, 15) is 19.1 Å². The molecule has 41 heavy (non-hydrogen) atoms. The van der Waals surface area contributed by atoms with E-state index < -0.39 is 17.7 Å². The quantitative estimate of drug-likeness (QED) is 0.0931. The third kappa shape index (κ3) is 5.07. The molecule has 0 unspecified atom stereocenters. The number of methoxy groups -OCH3 is 1. The van der Waals surface area contributed by atoms with Crippen LogP contribution in [0, 0.1) is 5.82 Å². The van der Waals surface area contributed by atoms with Crippen LogP contribution in [0.5, 0.6) is 11.5 Å². The Bertz CT molecular complexity index is 1690. The van der Waals surface area contributed by atoms with Crippen molar-refractivity contribution in [3.63, 3.8) is 0 Å². The average Bonchev–Trinajstić information content (AvgIpc) is 3.67. The largest absolute Gasteiger partial charge is 0.507 e. The number of anilines is 1. The van der Waals surface area contributed by atoms with Crippen molar-refractivity contribution < 1.29 is 28.6 Å². The first-order chi connectivity index (χ1) is 19.8. The Balaban J connectivity index is 1.39. The van der Waals surface area contributed by atoms with Gasteiger partial charge in [0.1, 0.15) is 29.2 Å². The van der Waals surface area contributed by atoms with Crippen molar-refractivity contribution in [3.8, 4) is 11.5 Å². The SMILES string of the molecule is COc1ccc([C@@H]2/C(=C(\O)c3ccc4c(c3)C[C@@H](C)O4)C(=O)C(=O)N2c2nnc(SCc3ccccc3F)s2)cc1. The van der Waals surface area contributed by atoms with E-state index in [0.717, 1.165) is 22.6 Å². The summed E-state index contributed by atoms with van der Waals surface area (Å²) in [5, 5.41) is 20.1. The molecule has 0 spiro atoms. The number of benzene rings is 3. The molecule has 2 aliphatic heterocycles. The number of rotatable bonds is 7. The Hall–Kier alpha value is -4.22. The molecule has 2 aliphatic rings. The van der Waals surface area contributed by atoms with Crippen LogP contribution in [-0.2, 0) is 21.8 Å². The third-order valence-electron chi connectivity index (χ3n) is 6.96. The van der Waals surface area contributed by atoms with Gasteiger partial charge in [-0.1, -0.05) is 53.4 Å². The molecule has 8 nitrogen and oxygen atoms in total. The molecule has 2 atom stereocenters. The Morgan fingerprint density at radius 1 is 1.15 bits per heavy atom. The van der Waals surface area contributed by atoms with Crippen molar-refractivity contribution in [3.05, 3.63) is 100 Å². The van der Waals surface area contributed by atoms with Crippen LogP contribution < -0.4 is 14.4 Å². The van der Waals surface area contributed by atoms with Crippen LogP contribution in [0.4, 0.5) is 9.52 Å². The highest BCUT2D eigenvalue weighted by Crippen LogP contribution is 2.45. The summed E-state index contributed by atoms with van der Waals surface area (Å²) in [7, 11) is 1.54. The van der Waals surface area contributed by atoms with E-state index in [1.54, 1.807) is 67.8 Å². The zero-order chi connectivity index (χ0) is 28.7. The summed E-state index contributed by atoms with van der Waals surface area (Å²) in [6.45, 7) is 1.96. The van der Waals surface area contributed by atoms with Crippen LogP contribution >= 0.6 is 23.1 Å². The summed E-state index contributed by atoms with van der Waals surface area (Å²) in [6.07, 6.45) is 0.681. The van der Waals surface area contributed by atoms with Gasteiger partial charge >= 0.3 is 5.91 Å². The van der Waals surface area contributed by atoms with Gasteiger partial charge in [-0.05, 0) is 60.0 Å². The van der Waals surface area contributed by atoms with E-state index in [-0.39, 0.29) is 28.4 Å². The second-order valence-corrected chi connectivity index (χ2v) is 11.8. The average molecular weight is 590 g/mol. The number of hydrogen-bond donors (Lipinski definition) is 1. The topological polar surface area (TPSA) is 102 Å². The highest BCUT2D eigenvalue weighted by Gasteiger charge is 2.48. The minimum atomic E-state index is -0.957. The standard InChI is InChI=1S/C30H24FN3O5S2/c1-16-13-20-14-18(9-12-23(20)39-16)26(35)24-25(17-7-10-21(38-2)11-8-17)34(28(37)27(24)36)29-32-33-30(41-29)40-15-19-5-3-4-6-22(19)31/h3-12,14,16,25,35H,13,15H2,1-2H3/b26-24+/t16-,25-/m1/s1. The zero-order valence-corrected chi connectivity index (χ0v) is 23.7. The van der Waals surface area contributed by atoms with E-state index in [0.29, 0.717) is 39.0 Å². The van der Waals surface area contributed by atoms with Crippen LogP contribution in [0.1, 0.15) is 35.2 Å². The fourth-order valence-electron chi connectivity index (χ4n) is 4.97. The minimum Gasteiger partial charge on any atom is -0.507 e. The van der Waals surface area contributed by atoms with Gasteiger partial charge in [-0.15, -0.1) is 10.2 Å². The van der Waals surface area contributed by atoms with Gasteiger partial charge in [-0.25, -0.2) is 4.39 Å². The van der Waals surface area contributed by atoms with Gasteiger partial charge in [-0.2, -0.15) is 0 Å². The normalized spacial score (nSPS) is 19.3. The Morgan fingerprint density at radius 2 is 1.93 bits per heavy atom. The first-order valence-corrected chi connectivity index (χ1v) is 14.6. The molecule has 208 valence electrons. The van der Waals surface area contributed by atoms with Gasteiger partial charge in [0.2, 0.25) is 5.13 Å². The number of ether oxygens (including phenoxy) is 2. The molecule has 4 aromatic rings. The Morgan fingerprint density at radius 3 is 2.68 bits per heavy atom. The van der Waals surface area contributed by atoms with Crippen molar-refractivity contribution in [2.45, 2.75) is 35.6 Å². The Labute approximate surface area is 243 Å².